The Hall–Kier alpha value is -2.00. The van der Waals surface area contributed by atoms with Crippen molar-refractivity contribution < 1.29 is 9.18 Å². The van der Waals surface area contributed by atoms with Gasteiger partial charge in [0.1, 0.15) is 5.82 Å². The van der Waals surface area contributed by atoms with Crippen molar-refractivity contribution in [1.82, 2.24) is 0 Å². The van der Waals surface area contributed by atoms with E-state index in [1.807, 2.05) is 30.3 Å². The molecule has 92 valence electrons. The molecule has 0 amide bonds. The number of nitrogens with two attached hydrogens (primary N) is 1. The van der Waals surface area contributed by atoms with Crippen LogP contribution >= 0.6 is 0 Å². The van der Waals surface area contributed by atoms with Crippen LogP contribution in [0.25, 0.3) is 0 Å². The number of rotatable bonds is 4. The highest BCUT2D eigenvalue weighted by Gasteiger charge is 2.18. The SMILES string of the molecule is NC(Cc1ccccc1)C(=O)c1ccccc1F. The van der Waals surface area contributed by atoms with E-state index in [4.69, 9.17) is 5.73 Å². The summed E-state index contributed by atoms with van der Waals surface area (Å²) in [5.41, 5.74) is 6.86. The number of Topliss-reactive ketones (excluding diaryl/α,β-unsaturated/α-hetero) is 1. The zero-order chi connectivity index (χ0) is 13.0. The Morgan fingerprint density at radius 2 is 1.67 bits per heavy atom. The van der Waals surface area contributed by atoms with E-state index in [-0.39, 0.29) is 11.3 Å². The van der Waals surface area contributed by atoms with Gasteiger partial charge in [-0.1, -0.05) is 42.5 Å². The topological polar surface area (TPSA) is 43.1 Å². The summed E-state index contributed by atoms with van der Waals surface area (Å²) in [7, 11) is 0. The van der Waals surface area contributed by atoms with Crippen molar-refractivity contribution in [3.8, 4) is 0 Å². The van der Waals surface area contributed by atoms with Crippen molar-refractivity contribution in [3.05, 3.63) is 71.5 Å². The molecule has 0 radical (unpaired) electrons. The van der Waals surface area contributed by atoms with E-state index in [1.54, 1.807) is 12.1 Å². The lowest BCUT2D eigenvalue weighted by Crippen LogP contribution is -2.33. The van der Waals surface area contributed by atoms with E-state index >= 15 is 0 Å². The second-order valence-corrected chi connectivity index (χ2v) is 4.14. The molecule has 0 aliphatic rings. The number of benzene rings is 2. The average molecular weight is 243 g/mol. The van der Waals surface area contributed by atoms with Gasteiger partial charge in [0.2, 0.25) is 0 Å². The maximum absolute atomic E-state index is 13.5. The first-order valence-electron chi connectivity index (χ1n) is 5.76. The van der Waals surface area contributed by atoms with Gasteiger partial charge in [-0.25, -0.2) is 4.39 Å². The van der Waals surface area contributed by atoms with Crippen molar-refractivity contribution >= 4 is 5.78 Å². The van der Waals surface area contributed by atoms with Crippen LogP contribution in [0.1, 0.15) is 15.9 Å². The van der Waals surface area contributed by atoms with Crippen LogP contribution in [0.4, 0.5) is 4.39 Å². The number of carbonyl (C=O) groups is 1. The van der Waals surface area contributed by atoms with E-state index in [9.17, 15) is 9.18 Å². The summed E-state index contributed by atoms with van der Waals surface area (Å²) < 4.78 is 13.5. The molecule has 0 spiro atoms. The molecule has 0 heterocycles. The highest BCUT2D eigenvalue weighted by Crippen LogP contribution is 2.11. The summed E-state index contributed by atoms with van der Waals surface area (Å²) >= 11 is 0. The number of halogens is 1. The maximum Gasteiger partial charge on any atom is 0.182 e. The zero-order valence-corrected chi connectivity index (χ0v) is 9.84. The number of carbonyl (C=O) groups excluding carboxylic acids is 1. The molecular formula is C15H14FNO. The Balaban J connectivity index is 2.13. The van der Waals surface area contributed by atoms with Crippen molar-refractivity contribution in [2.75, 3.05) is 0 Å². The van der Waals surface area contributed by atoms with Crippen LogP contribution in [0.5, 0.6) is 0 Å². The standard InChI is InChI=1S/C15H14FNO/c16-13-9-5-4-8-12(13)15(18)14(17)10-11-6-2-1-3-7-11/h1-9,14H,10,17H2. The molecule has 2 N–H and O–H groups in total. The minimum absolute atomic E-state index is 0.0564. The minimum Gasteiger partial charge on any atom is -0.321 e. The lowest BCUT2D eigenvalue weighted by atomic mass is 9.98. The van der Waals surface area contributed by atoms with E-state index in [0.29, 0.717) is 6.42 Å². The lowest BCUT2D eigenvalue weighted by Gasteiger charge is -2.11. The van der Waals surface area contributed by atoms with Gasteiger partial charge in [0.25, 0.3) is 0 Å². The molecule has 18 heavy (non-hydrogen) atoms. The van der Waals surface area contributed by atoms with Crippen LogP contribution in [0.3, 0.4) is 0 Å². The minimum atomic E-state index is -0.718. The Labute approximate surface area is 105 Å². The van der Waals surface area contributed by atoms with Gasteiger partial charge < -0.3 is 5.73 Å². The molecule has 3 heteroatoms. The first kappa shape index (κ1) is 12.5. The molecule has 0 saturated carbocycles. The first-order chi connectivity index (χ1) is 8.68. The largest absolute Gasteiger partial charge is 0.321 e. The van der Waals surface area contributed by atoms with Crippen LogP contribution in [-0.4, -0.2) is 11.8 Å². The van der Waals surface area contributed by atoms with Crippen LogP contribution in [-0.2, 0) is 6.42 Å². The highest BCUT2D eigenvalue weighted by molar-refractivity contribution is 6.00. The molecule has 0 aliphatic heterocycles. The summed E-state index contributed by atoms with van der Waals surface area (Å²) in [5.74, 6) is -0.886. The summed E-state index contributed by atoms with van der Waals surface area (Å²) in [5, 5.41) is 0. The van der Waals surface area contributed by atoms with Crippen LogP contribution in [0.2, 0.25) is 0 Å². The normalized spacial score (nSPS) is 12.1. The molecule has 0 fully saturated rings. The van der Waals surface area contributed by atoms with Gasteiger partial charge in [-0.05, 0) is 24.1 Å². The van der Waals surface area contributed by atoms with Crippen LogP contribution < -0.4 is 5.73 Å². The van der Waals surface area contributed by atoms with Gasteiger partial charge >= 0.3 is 0 Å². The molecule has 2 nitrogen and oxygen atoms in total. The Bertz CT molecular complexity index is 539. The molecule has 0 saturated heterocycles. The van der Waals surface area contributed by atoms with E-state index in [1.165, 1.54) is 12.1 Å². The molecule has 0 bridgehead atoms. The van der Waals surface area contributed by atoms with Gasteiger partial charge in [0.05, 0.1) is 11.6 Å². The fourth-order valence-corrected chi connectivity index (χ4v) is 1.82. The number of hydrogen-bond acceptors (Lipinski definition) is 2. The monoisotopic (exact) mass is 243 g/mol. The summed E-state index contributed by atoms with van der Waals surface area (Å²) in [6.07, 6.45) is 0.411. The molecule has 0 aromatic heterocycles. The van der Waals surface area contributed by atoms with E-state index < -0.39 is 11.9 Å². The number of hydrogen-bond donors (Lipinski definition) is 1. The third kappa shape index (κ3) is 2.81. The summed E-state index contributed by atoms with van der Waals surface area (Å²) in [6.45, 7) is 0. The highest BCUT2D eigenvalue weighted by atomic mass is 19.1. The van der Waals surface area contributed by atoms with Crippen molar-refractivity contribution in [2.24, 2.45) is 5.73 Å². The smallest absolute Gasteiger partial charge is 0.182 e. The predicted molar refractivity (Wildman–Crippen MR) is 68.9 cm³/mol. The van der Waals surface area contributed by atoms with Gasteiger partial charge in [0.15, 0.2) is 5.78 Å². The quantitative estimate of drug-likeness (QED) is 0.839. The fraction of sp³-hybridized carbons (Fsp3) is 0.133. The molecule has 2 aromatic carbocycles. The Kier molecular flexibility index (Phi) is 3.85. The average Bonchev–Trinajstić information content (AvgIpc) is 2.39. The molecule has 1 atom stereocenters. The Morgan fingerprint density at radius 3 is 2.33 bits per heavy atom. The Morgan fingerprint density at radius 1 is 1.06 bits per heavy atom. The zero-order valence-electron chi connectivity index (χ0n) is 9.84. The second-order valence-electron chi connectivity index (χ2n) is 4.14. The van der Waals surface area contributed by atoms with Gasteiger partial charge in [-0.15, -0.1) is 0 Å². The van der Waals surface area contributed by atoms with E-state index in [2.05, 4.69) is 0 Å². The second kappa shape index (κ2) is 5.56. The van der Waals surface area contributed by atoms with Crippen LogP contribution in [0.15, 0.2) is 54.6 Å². The maximum atomic E-state index is 13.5. The molecular weight excluding hydrogens is 229 g/mol. The summed E-state index contributed by atoms with van der Waals surface area (Å²) in [4.78, 5) is 12.0. The van der Waals surface area contributed by atoms with Crippen LogP contribution in [0, 0.1) is 5.82 Å². The third-order valence-electron chi connectivity index (χ3n) is 2.77. The molecule has 1 unspecified atom stereocenters. The first-order valence-corrected chi connectivity index (χ1v) is 5.76. The van der Waals surface area contributed by atoms with Crippen molar-refractivity contribution in [3.63, 3.8) is 0 Å². The molecule has 2 rings (SSSR count). The number of ketones is 1. The van der Waals surface area contributed by atoms with Crippen molar-refractivity contribution in [1.29, 1.82) is 0 Å². The van der Waals surface area contributed by atoms with E-state index in [0.717, 1.165) is 5.56 Å². The lowest BCUT2D eigenvalue weighted by molar-refractivity contribution is 0.0957. The van der Waals surface area contributed by atoms with Gasteiger partial charge in [-0.3, -0.25) is 4.79 Å². The van der Waals surface area contributed by atoms with Gasteiger partial charge in [0, 0.05) is 0 Å². The predicted octanol–water partition coefficient (Wildman–Crippen LogP) is 2.58. The van der Waals surface area contributed by atoms with Crippen molar-refractivity contribution in [2.45, 2.75) is 12.5 Å². The fourth-order valence-electron chi connectivity index (χ4n) is 1.82. The molecule has 2 aromatic rings. The summed E-state index contributed by atoms with van der Waals surface area (Å²) in [6, 6.07) is 14.7. The third-order valence-corrected chi connectivity index (χ3v) is 2.77. The van der Waals surface area contributed by atoms with Gasteiger partial charge in [-0.2, -0.15) is 0 Å². The molecule has 0 aliphatic carbocycles.